The molecule has 0 bridgehead atoms. The van der Waals surface area contributed by atoms with E-state index >= 15 is 0 Å². The average molecular weight is 609 g/mol. The van der Waals surface area contributed by atoms with Gasteiger partial charge in [-0.2, -0.15) is 0 Å². The minimum Gasteiger partial charge on any atom is -0.456 e. The number of hydrogen-bond acceptors (Lipinski definition) is 7. The van der Waals surface area contributed by atoms with Gasteiger partial charge in [-0.15, -0.1) is 6.42 Å². The molecule has 8 nitrogen and oxygen atoms in total. The number of esters is 1. The van der Waals surface area contributed by atoms with E-state index in [-0.39, 0.29) is 36.5 Å². The summed E-state index contributed by atoms with van der Waals surface area (Å²) in [7, 11) is 0. The van der Waals surface area contributed by atoms with Crippen molar-refractivity contribution in [1.29, 1.82) is 0 Å². The minimum absolute atomic E-state index is 0.0340. The van der Waals surface area contributed by atoms with E-state index in [1.165, 1.54) is 24.3 Å². The Morgan fingerprint density at radius 1 is 1.02 bits per heavy atom. The van der Waals surface area contributed by atoms with Crippen LogP contribution in [0.5, 0.6) is 0 Å². The lowest BCUT2D eigenvalue weighted by molar-refractivity contribution is 0.0237. The smallest absolute Gasteiger partial charge is 0.338 e. The highest BCUT2D eigenvalue weighted by molar-refractivity contribution is 5.98. The normalized spacial score (nSPS) is 12.5. The maximum atomic E-state index is 13.9. The molecule has 236 valence electrons. The number of halogens is 2. The zero-order chi connectivity index (χ0) is 32.2. The second kappa shape index (κ2) is 16.7. The van der Waals surface area contributed by atoms with Gasteiger partial charge < -0.3 is 25.2 Å². The van der Waals surface area contributed by atoms with Crippen LogP contribution in [0, 0.1) is 29.9 Å². The standard InChI is InChI=1S/C34H42F2N4O4/c1-6-9-40(10-7-2)33(41)25-12-23(8-3)13-26(17-25)34(42)43-32(31(37)16-24-14-27(35)18-28(36)15-24)21-38-20-30-19-29(39-44-30)11-22(4)5/h3,12-15,17-19,22,31-32,38H,6-7,9-11,16,20-21,37H2,1-2,4-5H3/t31-,32+/m0/s1. The number of aromatic nitrogens is 1. The molecule has 0 saturated heterocycles. The van der Waals surface area contributed by atoms with Gasteiger partial charge in [0.1, 0.15) is 17.7 Å². The van der Waals surface area contributed by atoms with E-state index in [9.17, 15) is 18.4 Å². The molecule has 0 aliphatic carbocycles. The van der Waals surface area contributed by atoms with Crippen molar-refractivity contribution < 1.29 is 27.6 Å². The van der Waals surface area contributed by atoms with Gasteiger partial charge in [-0.05, 0) is 67.5 Å². The molecule has 3 N–H and O–H groups in total. The predicted molar refractivity (Wildman–Crippen MR) is 165 cm³/mol. The molecule has 10 heteroatoms. The topological polar surface area (TPSA) is 111 Å². The van der Waals surface area contributed by atoms with Crippen molar-refractivity contribution in [2.75, 3.05) is 19.6 Å². The Bertz CT molecular complexity index is 1420. The lowest BCUT2D eigenvalue weighted by Crippen LogP contribution is -2.46. The molecule has 44 heavy (non-hydrogen) atoms. The Kier molecular flexibility index (Phi) is 13.1. The number of terminal acetylenes is 1. The van der Waals surface area contributed by atoms with Gasteiger partial charge in [0.15, 0.2) is 5.76 Å². The fourth-order valence-corrected chi connectivity index (χ4v) is 4.90. The number of nitrogens with zero attached hydrogens (tertiary/aromatic N) is 2. The van der Waals surface area contributed by atoms with Crippen molar-refractivity contribution in [1.82, 2.24) is 15.4 Å². The molecule has 0 radical (unpaired) electrons. The van der Waals surface area contributed by atoms with Crippen LogP contribution in [0.2, 0.25) is 0 Å². The van der Waals surface area contributed by atoms with Gasteiger partial charge in [-0.25, -0.2) is 13.6 Å². The SMILES string of the molecule is C#Cc1cc(C(=O)O[C@H](CNCc2cc(CC(C)C)no2)[C@@H](N)Cc2cc(F)cc(F)c2)cc(C(=O)N(CCC)CCC)c1. The average Bonchev–Trinajstić information content (AvgIpc) is 3.41. The number of amides is 1. The van der Waals surface area contributed by atoms with Crippen LogP contribution < -0.4 is 11.1 Å². The first-order chi connectivity index (χ1) is 21.0. The van der Waals surface area contributed by atoms with Crippen LogP contribution in [-0.4, -0.2) is 53.7 Å². The number of nitrogens with two attached hydrogens (primary N) is 1. The summed E-state index contributed by atoms with van der Waals surface area (Å²) in [5, 5.41) is 7.26. The largest absolute Gasteiger partial charge is 0.456 e. The molecular weight excluding hydrogens is 566 g/mol. The summed E-state index contributed by atoms with van der Waals surface area (Å²) in [4.78, 5) is 28.5. The molecule has 1 heterocycles. The summed E-state index contributed by atoms with van der Waals surface area (Å²) >= 11 is 0. The monoisotopic (exact) mass is 608 g/mol. The summed E-state index contributed by atoms with van der Waals surface area (Å²) in [5.41, 5.74) is 8.35. The number of nitrogens with one attached hydrogen (secondary N) is 1. The maximum absolute atomic E-state index is 13.9. The highest BCUT2D eigenvalue weighted by Crippen LogP contribution is 2.18. The van der Waals surface area contributed by atoms with Crippen LogP contribution >= 0.6 is 0 Å². The third-order valence-electron chi connectivity index (χ3n) is 6.86. The van der Waals surface area contributed by atoms with Gasteiger partial charge >= 0.3 is 5.97 Å². The number of ether oxygens (including phenoxy) is 1. The molecule has 1 amide bonds. The second-order valence-corrected chi connectivity index (χ2v) is 11.3. The van der Waals surface area contributed by atoms with E-state index < -0.39 is 29.7 Å². The van der Waals surface area contributed by atoms with E-state index in [4.69, 9.17) is 21.4 Å². The molecule has 0 spiro atoms. The highest BCUT2D eigenvalue weighted by Gasteiger charge is 2.25. The summed E-state index contributed by atoms with van der Waals surface area (Å²) < 4.78 is 39.0. The van der Waals surface area contributed by atoms with Gasteiger partial charge in [0.05, 0.1) is 17.8 Å². The summed E-state index contributed by atoms with van der Waals surface area (Å²) in [5.74, 6) is 1.09. The van der Waals surface area contributed by atoms with Crippen LogP contribution in [0.4, 0.5) is 8.78 Å². The van der Waals surface area contributed by atoms with Crippen LogP contribution in [0.1, 0.15) is 83.8 Å². The van der Waals surface area contributed by atoms with E-state index in [1.54, 1.807) is 11.0 Å². The van der Waals surface area contributed by atoms with E-state index in [1.807, 2.05) is 19.9 Å². The zero-order valence-electron chi connectivity index (χ0n) is 25.9. The van der Waals surface area contributed by atoms with E-state index in [0.717, 1.165) is 31.0 Å². The van der Waals surface area contributed by atoms with Gasteiger partial charge in [0, 0.05) is 48.9 Å². The van der Waals surface area contributed by atoms with Crippen molar-refractivity contribution in [3.63, 3.8) is 0 Å². The molecule has 3 aromatic rings. The molecule has 0 unspecified atom stereocenters. The summed E-state index contributed by atoms with van der Waals surface area (Å²) in [6.45, 7) is 9.67. The van der Waals surface area contributed by atoms with E-state index in [0.29, 0.717) is 35.9 Å². The number of rotatable bonds is 16. The number of carbonyl (C=O) groups excluding carboxylic acids is 2. The van der Waals surface area contributed by atoms with E-state index in [2.05, 4.69) is 30.2 Å². The Hall–Kier alpha value is -4.07. The van der Waals surface area contributed by atoms with Gasteiger partial charge in [-0.3, -0.25) is 4.79 Å². The molecule has 1 aromatic heterocycles. The fourth-order valence-electron chi connectivity index (χ4n) is 4.90. The molecule has 0 aliphatic rings. The van der Waals surface area contributed by atoms with Crippen molar-refractivity contribution in [2.45, 2.75) is 72.1 Å². The first-order valence-electron chi connectivity index (χ1n) is 15.0. The molecule has 2 aromatic carbocycles. The first-order valence-corrected chi connectivity index (χ1v) is 15.0. The second-order valence-electron chi connectivity index (χ2n) is 11.3. The minimum atomic E-state index is -0.919. The van der Waals surface area contributed by atoms with Crippen LogP contribution in [0.3, 0.4) is 0 Å². The van der Waals surface area contributed by atoms with Crippen LogP contribution in [0.15, 0.2) is 47.0 Å². The molecule has 0 aliphatic heterocycles. The quantitative estimate of drug-likeness (QED) is 0.168. The van der Waals surface area contributed by atoms with Crippen LogP contribution in [-0.2, 0) is 24.1 Å². The maximum Gasteiger partial charge on any atom is 0.338 e. The lowest BCUT2D eigenvalue weighted by atomic mass is 10.0. The number of hydrogen-bond donors (Lipinski definition) is 2. The van der Waals surface area contributed by atoms with Gasteiger partial charge in [-0.1, -0.05) is 38.8 Å². The number of benzene rings is 2. The summed E-state index contributed by atoms with van der Waals surface area (Å²) in [6.07, 6.45) is 7.11. The third-order valence-corrected chi connectivity index (χ3v) is 6.86. The van der Waals surface area contributed by atoms with Crippen molar-refractivity contribution in [3.8, 4) is 12.3 Å². The number of carbonyl (C=O) groups is 2. The Morgan fingerprint density at radius 3 is 2.30 bits per heavy atom. The molecule has 0 saturated carbocycles. The molecule has 0 fully saturated rings. The van der Waals surface area contributed by atoms with Gasteiger partial charge in [0.2, 0.25) is 0 Å². The lowest BCUT2D eigenvalue weighted by Gasteiger charge is -2.25. The zero-order valence-corrected chi connectivity index (χ0v) is 25.9. The fraction of sp³-hybridized carbons (Fsp3) is 0.441. The van der Waals surface area contributed by atoms with Crippen LogP contribution in [0.25, 0.3) is 0 Å². The van der Waals surface area contributed by atoms with Crippen molar-refractivity contribution in [2.24, 2.45) is 11.7 Å². The molecular formula is C34H42F2N4O4. The predicted octanol–water partition coefficient (Wildman–Crippen LogP) is 5.28. The Labute approximate surface area is 258 Å². The Balaban J connectivity index is 1.82. The first kappa shape index (κ1) is 34.4. The van der Waals surface area contributed by atoms with Crippen molar-refractivity contribution >= 4 is 11.9 Å². The molecule has 2 atom stereocenters. The summed E-state index contributed by atoms with van der Waals surface area (Å²) in [6, 6.07) is 8.69. The highest BCUT2D eigenvalue weighted by atomic mass is 19.1. The van der Waals surface area contributed by atoms with Gasteiger partial charge in [0.25, 0.3) is 5.91 Å². The third kappa shape index (κ3) is 10.3. The Morgan fingerprint density at radius 2 is 1.68 bits per heavy atom. The molecule has 3 rings (SSSR count). The van der Waals surface area contributed by atoms with Crippen molar-refractivity contribution in [3.05, 3.63) is 87.8 Å².